The summed E-state index contributed by atoms with van der Waals surface area (Å²) in [7, 11) is 0. The van der Waals surface area contributed by atoms with Gasteiger partial charge in [0.05, 0.1) is 15.2 Å². The molecule has 0 spiro atoms. The molecule has 0 unspecified atom stereocenters. The van der Waals surface area contributed by atoms with E-state index >= 15 is 0 Å². The predicted molar refractivity (Wildman–Crippen MR) is 79.6 cm³/mol. The highest BCUT2D eigenvalue weighted by atomic mass is 79.9. The van der Waals surface area contributed by atoms with E-state index in [4.69, 9.17) is 21.1 Å². The average molecular weight is 373 g/mol. The molecular formula is C14H8BrClFNO3. The van der Waals surface area contributed by atoms with Gasteiger partial charge in [-0.2, -0.15) is 0 Å². The Labute approximate surface area is 132 Å². The maximum absolute atomic E-state index is 13.4. The minimum Gasteiger partial charge on any atom is -0.454 e. The molecule has 3 rings (SSSR count). The van der Waals surface area contributed by atoms with Gasteiger partial charge in [-0.15, -0.1) is 0 Å². The molecule has 0 saturated carbocycles. The molecular weight excluding hydrogens is 365 g/mol. The van der Waals surface area contributed by atoms with Gasteiger partial charge in [0, 0.05) is 17.7 Å². The highest BCUT2D eigenvalue weighted by Gasteiger charge is 2.18. The van der Waals surface area contributed by atoms with Gasteiger partial charge in [0.1, 0.15) is 5.82 Å². The summed E-state index contributed by atoms with van der Waals surface area (Å²) in [6.07, 6.45) is 0. The Kier molecular flexibility index (Phi) is 3.73. The van der Waals surface area contributed by atoms with E-state index in [1.54, 1.807) is 12.1 Å². The van der Waals surface area contributed by atoms with Crippen molar-refractivity contribution < 1.29 is 18.7 Å². The molecule has 0 aromatic heterocycles. The number of fused-ring (bicyclic) bond motifs is 1. The maximum atomic E-state index is 13.4. The standard InChI is InChI=1S/C14H8BrClFNO3/c15-8-2-1-7(3-10(8)17)14(19)18-11-5-13-12(4-9(11)16)20-6-21-13/h1-5H,6H2,(H,18,19). The van der Waals surface area contributed by atoms with E-state index < -0.39 is 11.7 Å². The minimum absolute atomic E-state index is 0.112. The summed E-state index contributed by atoms with van der Waals surface area (Å²) in [6.45, 7) is 0.112. The van der Waals surface area contributed by atoms with Crippen LogP contribution >= 0.6 is 27.5 Å². The van der Waals surface area contributed by atoms with E-state index in [-0.39, 0.29) is 12.4 Å². The fourth-order valence-corrected chi connectivity index (χ4v) is 2.29. The molecule has 0 aliphatic carbocycles. The monoisotopic (exact) mass is 371 g/mol. The molecule has 7 heteroatoms. The van der Waals surface area contributed by atoms with Gasteiger partial charge in [0.25, 0.3) is 5.91 Å². The lowest BCUT2D eigenvalue weighted by molar-refractivity contribution is 0.102. The number of hydrogen-bond donors (Lipinski definition) is 1. The molecule has 2 aromatic carbocycles. The van der Waals surface area contributed by atoms with E-state index in [1.807, 2.05) is 0 Å². The molecule has 2 aromatic rings. The third-order valence-electron chi connectivity index (χ3n) is 2.89. The van der Waals surface area contributed by atoms with Gasteiger partial charge >= 0.3 is 0 Å². The topological polar surface area (TPSA) is 47.6 Å². The van der Waals surface area contributed by atoms with Crippen LogP contribution in [0.1, 0.15) is 10.4 Å². The maximum Gasteiger partial charge on any atom is 0.255 e. The average Bonchev–Trinajstić information content (AvgIpc) is 2.89. The van der Waals surface area contributed by atoms with Gasteiger partial charge < -0.3 is 14.8 Å². The number of hydrogen-bond acceptors (Lipinski definition) is 3. The quantitative estimate of drug-likeness (QED) is 0.858. The van der Waals surface area contributed by atoms with E-state index in [1.165, 1.54) is 12.1 Å². The molecule has 1 heterocycles. The minimum atomic E-state index is -0.514. The van der Waals surface area contributed by atoms with Gasteiger partial charge in [0.15, 0.2) is 11.5 Å². The van der Waals surface area contributed by atoms with Gasteiger partial charge in [-0.25, -0.2) is 4.39 Å². The van der Waals surface area contributed by atoms with Crippen LogP contribution in [0.15, 0.2) is 34.8 Å². The molecule has 1 N–H and O–H groups in total. The van der Waals surface area contributed by atoms with Gasteiger partial charge in [0.2, 0.25) is 6.79 Å². The Bertz CT molecular complexity index is 738. The second kappa shape index (κ2) is 5.54. The highest BCUT2D eigenvalue weighted by molar-refractivity contribution is 9.10. The van der Waals surface area contributed by atoms with Crippen LogP contribution in [0.5, 0.6) is 11.5 Å². The van der Waals surface area contributed by atoms with Crippen molar-refractivity contribution in [3.8, 4) is 11.5 Å². The Morgan fingerprint density at radius 3 is 2.67 bits per heavy atom. The summed E-state index contributed by atoms with van der Waals surface area (Å²) in [4.78, 5) is 12.1. The second-order valence-electron chi connectivity index (χ2n) is 4.27. The predicted octanol–water partition coefficient (Wildman–Crippen LogP) is 4.22. The Morgan fingerprint density at radius 2 is 1.95 bits per heavy atom. The number of anilines is 1. The fourth-order valence-electron chi connectivity index (χ4n) is 1.84. The van der Waals surface area contributed by atoms with Crippen LogP contribution < -0.4 is 14.8 Å². The van der Waals surface area contributed by atoms with Crippen LogP contribution in [0, 0.1) is 5.82 Å². The van der Waals surface area contributed by atoms with Crippen molar-refractivity contribution in [1.82, 2.24) is 0 Å². The van der Waals surface area contributed by atoms with Crippen molar-refractivity contribution in [2.45, 2.75) is 0 Å². The first-order chi connectivity index (χ1) is 10.0. The first kappa shape index (κ1) is 14.2. The molecule has 0 atom stereocenters. The smallest absolute Gasteiger partial charge is 0.255 e. The Hall–Kier alpha value is -1.79. The molecule has 21 heavy (non-hydrogen) atoms. The third-order valence-corrected chi connectivity index (χ3v) is 3.85. The number of carbonyl (C=O) groups excluding carboxylic acids is 1. The zero-order chi connectivity index (χ0) is 15.0. The summed E-state index contributed by atoms with van der Waals surface area (Å²) in [6, 6.07) is 7.23. The van der Waals surface area contributed by atoms with Crippen molar-refractivity contribution in [2.24, 2.45) is 0 Å². The number of rotatable bonds is 2. The summed E-state index contributed by atoms with van der Waals surface area (Å²) >= 11 is 9.10. The number of ether oxygens (including phenoxy) is 2. The van der Waals surface area contributed by atoms with Crippen molar-refractivity contribution in [1.29, 1.82) is 0 Å². The fraction of sp³-hybridized carbons (Fsp3) is 0.0714. The van der Waals surface area contributed by atoms with Crippen LogP contribution in [-0.2, 0) is 0 Å². The van der Waals surface area contributed by atoms with Crippen LogP contribution in [-0.4, -0.2) is 12.7 Å². The summed E-state index contributed by atoms with van der Waals surface area (Å²) in [5.74, 6) is 0.0333. The van der Waals surface area contributed by atoms with E-state index in [0.717, 1.165) is 6.07 Å². The lowest BCUT2D eigenvalue weighted by Crippen LogP contribution is -2.12. The normalized spacial score (nSPS) is 12.3. The van der Waals surface area contributed by atoms with Crippen LogP contribution in [0.4, 0.5) is 10.1 Å². The SMILES string of the molecule is O=C(Nc1cc2c(cc1Cl)OCO2)c1ccc(Br)c(F)c1. The number of halogens is 3. The molecule has 4 nitrogen and oxygen atoms in total. The van der Waals surface area contributed by atoms with E-state index in [0.29, 0.717) is 26.7 Å². The molecule has 0 saturated heterocycles. The number of amides is 1. The summed E-state index contributed by atoms with van der Waals surface area (Å²) in [5, 5.41) is 2.92. The highest BCUT2D eigenvalue weighted by Crippen LogP contribution is 2.39. The third kappa shape index (κ3) is 2.82. The van der Waals surface area contributed by atoms with Gasteiger partial charge in [-0.05, 0) is 34.1 Å². The van der Waals surface area contributed by atoms with Crippen molar-refractivity contribution >= 4 is 39.1 Å². The van der Waals surface area contributed by atoms with Gasteiger partial charge in [-0.1, -0.05) is 11.6 Å². The first-order valence-corrected chi connectivity index (χ1v) is 7.07. The van der Waals surface area contributed by atoms with Crippen LogP contribution in [0.25, 0.3) is 0 Å². The molecule has 1 aliphatic heterocycles. The Morgan fingerprint density at radius 1 is 1.24 bits per heavy atom. The number of carbonyl (C=O) groups is 1. The summed E-state index contributed by atoms with van der Waals surface area (Å²) < 4.78 is 24.1. The van der Waals surface area contributed by atoms with Crippen molar-refractivity contribution in [2.75, 3.05) is 12.1 Å². The van der Waals surface area contributed by atoms with Crippen molar-refractivity contribution in [3.05, 3.63) is 51.2 Å². The van der Waals surface area contributed by atoms with E-state index in [2.05, 4.69) is 21.2 Å². The lowest BCUT2D eigenvalue weighted by Gasteiger charge is -2.09. The zero-order valence-electron chi connectivity index (χ0n) is 10.5. The van der Waals surface area contributed by atoms with Gasteiger partial charge in [-0.3, -0.25) is 4.79 Å². The molecule has 1 aliphatic rings. The largest absolute Gasteiger partial charge is 0.454 e. The van der Waals surface area contributed by atoms with Crippen LogP contribution in [0.2, 0.25) is 5.02 Å². The summed E-state index contributed by atoms with van der Waals surface area (Å²) in [5.41, 5.74) is 0.554. The molecule has 0 bridgehead atoms. The Balaban J connectivity index is 1.86. The van der Waals surface area contributed by atoms with Crippen LogP contribution in [0.3, 0.4) is 0 Å². The molecule has 0 fully saturated rings. The van der Waals surface area contributed by atoms with E-state index in [9.17, 15) is 9.18 Å². The first-order valence-electron chi connectivity index (χ1n) is 5.90. The lowest BCUT2D eigenvalue weighted by atomic mass is 10.2. The zero-order valence-corrected chi connectivity index (χ0v) is 12.8. The van der Waals surface area contributed by atoms with Crippen molar-refractivity contribution in [3.63, 3.8) is 0 Å². The number of nitrogens with one attached hydrogen (secondary N) is 1. The molecule has 1 amide bonds. The molecule has 108 valence electrons. The second-order valence-corrected chi connectivity index (χ2v) is 5.53. The number of benzene rings is 2. The molecule has 0 radical (unpaired) electrons.